The van der Waals surface area contributed by atoms with Crippen LogP contribution in [-0.2, 0) is 6.54 Å². The standard InChI is InChI=1S/C14H10Cl2INO/c15-11-4-2-1-3-10(11)8-18-14(19)9-5-6-13(17)12(16)7-9/h1-7H,8H2,(H,18,19). The number of benzene rings is 2. The Morgan fingerprint density at radius 3 is 2.53 bits per heavy atom. The van der Waals surface area contributed by atoms with Crippen LogP contribution in [0.1, 0.15) is 15.9 Å². The van der Waals surface area contributed by atoms with Gasteiger partial charge in [-0.25, -0.2) is 0 Å². The lowest BCUT2D eigenvalue weighted by atomic mass is 10.2. The molecule has 0 saturated carbocycles. The molecule has 0 aliphatic carbocycles. The fraction of sp³-hybridized carbons (Fsp3) is 0.0714. The van der Waals surface area contributed by atoms with Gasteiger partial charge in [0, 0.05) is 20.7 Å². The van der Waals surface area contributed by atoms with Crippen LogP contribution in [0.15, 0.2) is 42.5 Å². The maximum absolute atomic E-state index is 12.0. The van der Waals surface area contributed by atoms with Gasteiger partial charge >= 0.3 is 0 Å². The molecule has 0 aliphatic heterocycles. The number of amides is 1. The molecule has 0 aliphatic rings. The zero-order valence-electron chi connectivity index (χ0n) is 9.79. The molecule has 0 unspecified atom stereocenters. The van der Waals surface area contributed by atoms with Gasteiger partial charge in [0.2, 0.25) is 0 Å². The highest BCUT2D eigenvalue weighted by atomic mass is 127. The Bertz CT molecular complexity index is 616. The number of nitrogens with one attached hydrogen (secondary N) is 1. The van der Waals surface area contributed by atoms with Crippen LogP contribution in [0.4, 0.5) is 0 Å². The van der Waals surface area contributed by atoms with Crippen LogP contribution < -0.4 is 5.32 Å². The summed E-state index contributed by atoms with van der Waals surface area (Å²) in [5.74, 6) is -0.168. The normalized spacial score (nSPS) is 10.3. The predicted molar refractivity (Wildman–Crippen MR) is 86.8 cm³/mol. The molecule has 0 aromatic heterocycles. The fourth-order valence-corrected chi connectivity index (χ4v) is 2.28. The number of rotatable bonds is 3. The molecule has 1 N–H and O–H groups in total. The van der Waals surface area contributed by atoms with Crippen LogP contribution in [0.25, 0.3) is 0 Å². The van der Waals surface area contributed by atoms with Crippen LogP contribution in [0.5, 0.6) is 0 Å². The summed E-state index contributed by atoms with van der Waals surface area (Å²) in [4.78, 5) is 12.0. The minimum Gasteiger partial charge on any atom is -0.348 e. The molecule has 2 nitrogen and oxygen atoms in total. The smallest absolute Gasteiger partial charge is 0.251 e. The van der Waals surface area contributed by atoms with Crippen molar-refractivity contribution in [2.75, 3.05) is 0 Å². The number of halogens is 3. The largest absolute Gasteiger partial charge is 0.348 e. The van der Waals surface area contributed by atoms with Crippen LogP contribution in [-0.4, -0.2) is 5.91 Å². The van der Waals surface area contributed by atoms with Crippen molar-refractivity contribution in [1.82, 2.24) is 5.32 Å². The number of hydrogen-bond donors (Lipinski definition) is 1. The van der Waals surface area contributed by atoms with Crippen molar-refractivity contribution in [2.45, 2.75) is 6.54 Å². The van der Waals surface area contributed by atoms with Crippen molar-refractivity contribution in [1.29, 1.82) is 0 Å². The van der Waals surface area contributed by atoms with Gasteiger partial charge in [0.05, 0.1) is 5.02 Å². The third-order valence-corrected chi connectivity index (χ3v) is 4.52. The highest BCUT2D eigenvalue weighted by Crippen LogP contribution is 2.20. The summed E-state index contributed by atoms with van der Waals surface area (Å²) in [6.07, 6.45) is 0. The fourth-order valence-electron chi connectivity index (χ4n) is 1.56. The minimum absolute atomic E-state index is 0.168. The van der Waals surface area contributed by atoms with Crippen LogP contribution >= 0.6 is 45.8 Å². The molecule has 98 valence electrons. The molecule has 2 aromatic carbocycles. The van der Waals surface area contributed by atoms with Crippen molar-refractivity contribution in [2.24, 2.45) is 0 Å². The lowest BCUT2D eigenvalue weighted by Crippen LogP contribution is -2.22. The van der Waals surface area contributed by atoms with E-state index in [2.05, 4.69) is 27.9 Å². The van der Waals surface area contributed by atoms with E-state index in [1.807, 2.05) is 24.3 Å². The number of carbonyl (C=O) groups is 1. The lowest BCUT2D eigenvalue weighted by Gasteiger charge is -2.07. The van der Waals surface area contributed by atoms with Crippen LogP contribution in [0.2, 0.25) is 10.0 Å². The third-order valence-electron chi connectivity index (χ3n) is 2.58. The predicted octanol–water partition coefficient (Wildman–Crippen LogP) is 4.53. The van der Waals surface area contributed by atoms with Crippen molar-refractivity contribution in [3.05, 3.63) is 67.2 Å². The Kier molecular flexibility index (Phi) is 5.07. The summed E-state index contributed by atoms with van der Waals surface area (Å²) < 4.78 is 0.918. The SMILES string of the molecule is O=C(NCc1ccccc1Cl)c1ccc(I)c(Cl)c1. The van der Waals surface area contributed by atoms with E-state index < -0.39 is 0 Å². The topological polar surface area (TPSA) is 29.1 Å². The molecule has 0 bridgehead atoms. The molecule has 19 heavy (non-hydrogen) atoms. The van der Waals surface area contributed by atoms with E-state index in [-0.39, 0.29) is 5.91 Å². The van der Waals surface area contributed by atoms with E-state index in [0.717, 1.165) is 9.13 Å². The van der Waals surface area contributed by atoms with Gasteiger partial charge in [0.15, 0.2) is 0 Å². The molecule has 2 rings (SSSR count). The zero-order chi connectivity index (χ0) is 13.8. The Labute approximate surface area is 135 Å². The average molecular weight is 406 g/mol. The van der Waals surface area contributed by atoms with Crippen LogP contribution in [0, 0.1) is 3.57 Å². The summed E-state index contributed by atoms with van der Waals surface area (Å²) >= 11 is 14.1. The van der Waals surface area contributed by atoms with Crippen molar-refractivity contribution >= 4 is 51.7 Å². The maximum atomic E-state index is 12.0. The average Bonchev–Trinajstić information content (AvgIpc) is 2.40. The highest BCUT2D eigenvalue weighted by Gasteiger charge is 2.08. The molecule has 0 spiro atoms. The molecule has 0 atom stereocenters. The van der Waals surface area contributed by atoms with Gasteiger partial charge in [-0.15, -0.1) is 0 Å². The van der Waals surface area contributed by atoms with E-state index in [4.69, 9.17) is 23.2 Å². The Morgan fingerprint density at radius 1 is 1.11 bits per heavy atom. The highest BCUT2D eigenvalue weighted by molar-refractivity contribution is 14.1. The zero-order valence-corrected chi connectivity index (χ0v) is 13.5. The van der Waals surface area contributed by atoms with E-state index in [0.29, 0.717) is 22.2 Å². The summed E-state index contributed by atoms with van der Waals surface area (Å²) in [6, 6.07) is 12.6. The molecular formula is C14H10Cl2INO. The van der Waals surface area contributed by atoms with E-state index in [9.17, 15) is 4.79 Å². The first-order chi connectivity index (χ1) is 9.08. The van der Waals surface area contributed by atoms with E-state index >= 15 is 0 Å². The number of carbonyl (C=O) groups excluding carboxylic acids is 1. The Hall–Kier alpha value is -0.780. The Balaban J connectivity index is 2.05. The first-order valence-electron chi connectivity index (χ1n) is 5.54. The van der Waals surface area contributed by atoms with Gasteiger partial charge in [0.25, 0.3) is 5.91 Å². The molecule has 5 heteroatoms. The van der Waals surface area contributed by atoms with Gasteiger partial charge < -0.3 is 5.32 Å². The maximum Gasteiger partial charge on any atom is 0.251 e. The second kappa shape index (κ2) is 6.59. The molecule has 0 heterocycles. The lowest BCUT2D eigenvalue weighted by molar-refractivity contribution is 0.0951. The van der Waals surface area contributed by atoms with Gasteiger partial charge in [-0.1, -0.05) is 41.4 Å². The van der Waals surface area contributed by atoms with Crippen molar-refractivity contribution in [3.63, 3.8) is 0 Å². The second-order valence-corrected chi connectivity index (χ2v) is 5.88. The summed E-state index contributed by atoms with van der Waals surface area (Å²) in [5.41, 5.74) is 1.42. The molecule has 2 aromatic rings. The molecular weight excluding hydrogens is 396 g/mol. The van der Waals surface area contributed by atoms with Gasteiger partial charge in [-0.05, 0) is 52.4 Å². The van der Waals surface area contributed by atoms with Crippen LogP contribution in [0.3, 0.4) is 0 Å². The molecule has 1 amide bonds. The van der Waals surface area contributed by atoms with E-state index in [1.54, 1.807) is 18.2 Å². The van der Waals surface area contributed by atoms with Crippen molar-refractivity contribution < 1.29 is 4.79 Å². The van der Waals surface area contributed by atoms with Gasteiger partial charge in [-0.3, -0.25) is 4.79 Å². The third kappa shape index (κ3) is 3.84. The monoisotopic (exact) mass is 405 g/mol. The molecule has 0 radical (unpaired) electrons. The quantitative estimate of drug-likeness (QED) is 0.747. The minimum atomic E-state index is -0.168. The van der Waals surface area contributed by atoms with Crippen molar-refractivity contribution in [3.8, 4) is 0 Å². The molecule has 0 saturated heterocycles. The van der Waals surface area contributed by atoms with Gasteiger partial charge in [-0.2, -0.15) is 0 Å². The first kappa shape index (κ1) is 14.6. The number of hydrogen-bond acceptors (Lipinski definition) is 1. The summed E-state index contributed by atoms with van der Waals surface area (Å²) in [5, 5.41) is 4.04. The second-order valence-electron chi connectivity index (χ2n) is 3.90. The van der Waals surface area contributed by atoms with E-state index in [1.165, 1.54) is 0 Å². The molecule has 0 fully saturated rings. The first-order valence-corrected chi connectivity index (χ1v) is 7.38. The summed E-state index contributed by atoms with van der Waals surface area (Å²) in [6.45, 7) is 0.391. The van der Waals surface area contributed by atoms with Gasteiger partial charge in [0.1, 0.15) is 0 Å². The summed E-state index contributed by atoms with van der Waals surface area (Å²) in [7, 11) is 0. The Morgan fingerprint density at radius 2 is 1.84 bits per heavy atom.